The number of nitro groups is 1. The second-order valence-corrected chi connectivity index (χ2v) is 9.32. The van der Waals surface area contributed by atoms with E-state index in [1.807, 2.05) is 12.1 Å². The van der Waals surface area contributed by atoms with Crippen molar-refractivity contribution in [3.05, 3.63) is 86.4 Å². The zero-order valence-electron chi connectivity index (χ0n) is 18.9. The molecule has 2 atom stereocenters. The van der Waals surface area contributed by atoms with E-state index in [0.29, 0.717) is 34.6 Å². The van der Waals surface area contributed by atoms with E-state index in [2.05, 4.69) is 20.6 Å². The first-order chi connectivity index (χ1) is 16.9. The molecule has 3 aromatic rings. The highest BCUT2D eigenvalue weighted by atomic mass is 35.5. The molecule has 0 spiro atoms. The molecule has 2 aromatic carbocycles. The van der Waals surface area contributed by atoms with Gasteiger partial charge in [-0.25, -0.2) is 9.97 Å². The molecule has 8 nitrogen and oxygen atoms in total. The number of hydrogen-bond acceptors (Lipinski definition) is 6. The third-order valence-corrected chi connectivity index (χ3v) is 7.04. The molecule has 2 unspecified atom stereocenters. The van der Waals surface area contributed by atoms with Crippen molar-refractivity contribution < 1.29 is 9.72 Å². The van der Waals surface area contributed by atoms with Gasteiger partial charge in [-0.1, -0.05) is 35.3 Å². The average molecular weight is 514 g/mol. The lowest BCUT2D eigenvalue weighted by Gasteiger charge is -2.25. The summed E-state index contributed by atoms with van der Waals surface area (Å²) in [6.07, 6.45) is 5.58. The van der Waals surface area contributed by atoms with Gasteiger partial charge in [0.1, 0.15) is 5.82 Å². The third-order valence-electron chi connectivity index (χ3n) is 6.18. The summed E-state index contributed by atoms with van der Waals surface area (Å²) < 4.78 is 0. The summed E-state index contributed by atoms with van der Waals surface area (Å²) in [6, 6.07) is 11.7. The number of nitrogens with zero attached hydrogens (tertiary/aromatic N) is 3. The van der Waals surface area contributed by atoms with Gasteiger partial charge >= 0.3 is 0 Å². The molecule has 0 radical (unpaired) electrons. The van der Waals surface area contributed by atoms with Gasteiger partial charge in [-0.05, 0) is 61.2 Å². The molecular formula is C25H25Cl2N5O3. The second-order valence-electron chi connectivity index (χ2n) is 8.54. The number of nitrogens with one attached hydrogen (secondary N) is 2. The minimum absolute atomic E-state index is 0.0293. The Hall–Kier alpha value is -3.07. The molecule has 0 bridgehead atoms. The minimum atomic E-state index is -0.439. The zero-order chi connectivity index (χ0) is 24.8. The highest BCUT2D eigenvalue weighted by Crippen LogP contribution is 2.28. The van der Waals surface area contributed by atoms with Crippen LogP contribution in [0.25, 0.3) is 11.1 Å². The number of benzene rings is 2. The largest absolute Gasteiger partial charge is 0.353 e. The highest BCUT2D eigenvalue weighted by Gasteiger charge is 2.27. The fraction of sp³-hybridized carbons (Fsp3) is 0.320. The van der Waals surface area contributed by atoms with E-state index in [0.717, 1.165) is 36.2 Å². The Morgan fingerprint density at radius 3 is 2.54 bits per heavy atom. The van der Waals surface area contributed by atoms with Gasteiger partial charge in [0.25, 0.3) is 5.69 Å². The Bertz CT molecular complexity index is 1180. The van der Waals surface area contributed by atoms with Gasteiger partial charge in [0, 0.05) is 49.0 Å². The van der Waals surface area contributed by atoms with E-state index in [4.69, 9.17) is 23.2 Å². The van der Waals surface area contributed by atoms with Crippen LogP contribution in [0, 0.1) is 16.0 Å². The van der Waals surface area contributed by atoms with Crippen LogP contribution in [-0.4, -0.2) is 39.9 Å². The monoisotopic (exact) mass is 513 g/mol. The molecular weight excluding hydrogens is 489 g/mol. The van der Waals surface area contributed by atoms with Crippen LogP contribution < -0.4 is 10.6 Å². The van der Waals surface area contributed by atoms with Gasteiger partial charge in [-0.3, -0.25) is 14.9 Å². The molecule has 2 heterocycles. The smallest absolute Gasteiger partial charge is 0.269 e. The van der Waals surface area contributed by atoms with Gasteiger partial charge in [-0.2, -0.15) is 0 Å². The van der Waals surface area contributed by atoms with Gasteiger partial charge < -0.3 is 10.6 Å². The van der Waals surface area contributed by atoms with E-state index in [9.17, 15) is 14.9 Å². The summed E-state index contributed by atoms with van der Waals surface area (Å²) in [5, 5.41) is 18.4. The van der Waals surface area contributed by atoms with E-state index in [1.165, 1.54) is 12.1 Å². The average Bonchev–Trinajstić information content (AvgIpc) is 3.40. The quantitative estimate of drug-likeness (QED) is 0.318. The Labute approximate surface area is 213 Å². The van der Waals surface area contributed by atoms with E-state index in [1.54, 1.807) is 30.6 Å². The van der Waals surface area contributed by atoms with Crippen LogP contribution >= 0.6 is 23.2 Å². The SMILES string of the molecule is O=C(CCc1ncc(-c2ccc([N+](=O)[O-])cc2)cn1)NC(Cc1cccc(Cl)c1Cl)C1CCNC1. The molecule has 0 saturated carbocycles. The van der Waals surface area contributed by atoms with Crippen molar-refractivity contribution in [3.8, 4) is 11.1 Å². The molecule has 2 N–H and O–H groups in total. The van der Waals surface area contributed by atoms with Crippen molar-refractivity contribution in [2.24, 2.45) is 5.92 Å². The molecule has 1 saturated heterocycles. The van der Waals surface area contributed by atoms with E-state index < -0.39 is 4.92 Å². The Balaban J connectivity index is 1.35. The Morgan fingerprint density at radius 1 is 1.14 bits per heavy atom. The molecule has 1 aliphatic heterocycles. The molecule has 1 fully saturated rings. The van der Waals surface area contributed by atoms with Gasteiger partial charge in [-0.15, -0.1) is 0 Å². The molecule has 10 heteroatoms. The van der Waals surface area contributed by atoms with Crippen molar-refractivity contribution in [1.82, 2.24) is 20.6 Å². The summed E-state index contributed by atoms with van der Waals surface area (Å²) in [4.78, 5) is 31.9. The summed E-state index contributed by atoms with van der Waals surface area (Å²) in [6.45, 7) is 1.77. The molecule has 0 aliphatic carbocycles. The van der Waals surface area contributed by atoms with Crippen LogP contribution in [0.4, 0.5) is 5.69 Å². The molecule has 182 valence electrons. The molecule has 1 aliphatic rings. The Kier molecular flexibility index (Phi) is 8.28. The first-order valence-corrected chi connectivity index (χ1v) is 12.1. The fourth-order valence-electron chi connectivity index (χ4n) is 4.21. The van der Waals surface area contributed by atoms with Crippen LogP contribution in [0.3, 0.4) is 0 Å². The summed E-state index contributed by atoms with van der Waals surface area (Å²) in [5.41, 5.74) is 2.48. The lowest BCUT2D eigenvalue weighted by atomic mass is 9.92. The molecule has 4 rings (SSSR count). The van der Waals surface area contributed by atoms with E-state index >= 15 is 0 Å². The van der Waals surface area contributed by atoms with Gasteiger partial charge in [0.2, 0.25) is 5.91 Å². The normalized spacial score (nSPS) is 16.1. The predicted molar refractivity (Wildman–Crippen MR) is 136 cm³/mol. The Morgan fingerprint density at radius 2 is 1.89 bits per heavy atom. The third kappa shape index (κ3) is 6.54. The lowest BCUT2D eigenvalue weighted by molar-refractivity contribution is -0.384. The zero-order valence-corrected chi connectivity index (χ0v) is 20.4. The number of aryl methyl sites for hydroxylation is 1. The van der Waals surface area contributed by atoms with Crippen molar-refractivity contribution >= 4 is 34.8 Å². The number of amides is 1. The highest BCUT2D eigenvalue weighted by molar-refractivity contribution is 6.42. The molecule has 1 aromatic heterocycles. The molecule has 35 heavy (non-hydrogen) atoms. The second kappa shape index (κ2) is 11.6. The summed E-state index contributed by atoms with van der Waals surface area (Å²) in [7, 11) is 0. The first kappa shape index (κ1) is 25.0. The maximum atomic E-state index is 12.8. The van der Waals surface area contributed by atoms with Gasteiger partial charge in [0.05, 0.1) is 15.0 Å². The van der Waals surface area contributed by atoms with Crippen LogP contribution in [0.1, 0.15) is 24.2 Å². The number of rotatable bonds is 9. The lowest BCUT2D eigenvalue weighted by Crippen LogP contribution is -2.42. The summed E-state index contributed by atoms with van der Waals surface area (Å²) >= 11 is 12.6. The minimum Gasteiger partial charge on any atom is -0.353 e. The van der Waals surface area contributed by atoms with Crippen molar-refractivity contribution in [2.75, 3.05) is 13.1 Å². The topological polar surface area (TPSA) is 110 Å². The predicted octanol–water partition coefficient (Wildman–Crippen LogP) is 4.63. The van der Waals surface area contributed by atoms with Crippen molar-refractivity contribution in [2.45, 2.75) is 31.7 Å². The van der Waals surface area contributed by atoms with Crippen LogP contribution in [-0.2, 0) is 17.6 Å². The number of hydrogen-bond donors (Lipinski definition) is 2. The number of non-ortho nitro benzene ring substituents is 1. The maximum Gasteiger partial charge on any atom is 0.269 e. The standard InChI is InChI=1S/C25H25Cl2N5O3/c26-21-3-1-2-17(25(21)27)12-22(18-10-11-28-13-18)31-24(33)9-8-23-29-14-19(15-30-23)16-4-6-20(7-5-16)32(34)35/h1-7,14-15,18,22,28H,8-13H2,(H,31,33). The van der Waals surface area contributed by atoms with Crippen LogP contribution in [0.2, 0.25) is 10.0 Å². The van der Waals surface area contributed by atoms with Crippen LogP contribution in [0.15, 0.2) is 54.9 Å². The van der Waals surface area contributed by atoms with Crippen molar-refractivity contribution in [1.29, 1.82) is 0 Å². The number of carbonyl (C=O) groups is 1. The number of halogens is 2. The number of aromatic nitrogens is 2. The van der Waals surface area contributed by atoms with Crippen molar-refractivity contribution in [3.63, 3.8) is 0 Å². The maximum absolute atomic E-state index is 12.8. The summed E-state index contributed by atoms with van der Waals surface area (Å²) in [5.74, 6) is 0.803. The van der Waals surface area contributed by atoms with Crippen LogP contribution in [0.5, 0.6) is 0 Å². The molecule has 1 amide bonds. The van der Waals surface area contributed by atoms with Gasteiger partial charge in [0.15, 0.2) is 0 Å². The number of carbonyl (C=O) groups excluding carboxylic acids is 1. The fourth-order valence-corrected chi connectivity index (χ4v) is 4.61. The first-order valence-electron chi connectivity index (χ1n) is 11.4. The van der Waals surface area contributed by atoms with E-state index in [-0.39, 0.29) is 24.1 Å². The number of nitro benzene ring substituents is 1.